The maximum atomic E-state index is 13.0. The number of imidazole rings is 1. The number of terminal acetylenes is 1. The quantitative estimate of drug-likeness (QED) is 0.434. The van der Waals surface area contributed by atoms with Crippen molar-refractivity contribution < 1.29 is 13.9 Å². The van der Waals surface area contributed by atoms with Crippen LogP contribution < -0.4 is 20.7 Å². The lowest BCUT2D eigenvalue weighted by atomic mass is 10.2. The molecule has 166 valence electrons. The molecule has 0 atom stereocenters. The third kappa shape index (κ3) is 3.88. The standard InChI is InChI=1S/C24H20N4O5/c1-5-12-27-23(29)21-22(28(24(27)30)15-17-7-6-13-33-17)25-20(26(21)2)11-9-16-8-10-18(31-3)19(14-16)32-4/h1,6-8,10,13-14H,12,15H2,2-4H3. The number of ether oxygens (including phenoxy) is 2. The van der Waals surface area contributed by atoms with Crippen LogP contribution in [0.2, 0.25) is 0 Å². The first-order chi connectivity index (χ1) is 16.0. The van der Waals surface area contributed by atoms with Gasteiger partial charge in [0.15, 0.2) is 28.5 Å². The van der Waals surface area contributed by atoms with Crippen molar-refractivity contribution in [3.8, 4) is 35.7 Å². The zero-order chi connectivity index (χ0) is 23.5. The molecule has 9 heteroatoms. The van der Waals surface area contributed by atoms with Gasteiger partial charge in [-0.05, 0) is 36.3 Å². The highest BCUT2D eigenvalue weighted by molar-refractivity contribution is 5.72. The first-order valence-corrected chi connectivity index (χ1v) is 9.88. The molecule has 0 bridgehead atoms. The van der Waals surface area contributed by atoms with Gasteiger partial charge in [-0.25, -0.2) is 14.3 Å². The summed E-state index contributed by atoms with van der Waals surface area (Å²) in [7, 11) is 4.76. The van der Waals surface area contributed by atoms with Crippen LogP contribution in [-0.2, 0) is 20.1 Å². The van der Waals surface area contributed by atoms with Crippen molar-refractivity contribution in [2.75, 3.05) is 14.2 Å². The summed E-state index contributed by atoms with van der Waals surface area (Å²) in [5.41, 5.74) is -0.0172. The van der Waals surface area contributed by atoms with Crippen LogP contribution >= 0.6 is 0 Å². The SMILES string of the molecule is C#CCn1c(=O)c2c(nc(C#Cc3ccc(OC)c(OC)c3)n2C)n(Cc2ccco2)c1=O. The summed E-state index contributed by atoms with van der Waals surface area (Å²) in [5, 5.41) is 0. The van der Waals surface area contributed by atoms with Gasteiger partial charge in [-0.15, -0.1) is 6.42 Å². The maximum absolute atomic E-state index is 13.0. The Morgan fingerprint density at radius 1 is 1.09 bits per heavy atom. The summed E-state index contributed by atoms with van der Waals surface area (Å²) in [4.78, 5) is 30.6. The summed E-state index contributed by atoms with van der Waals surface area (Å²) in [5.74, 6) is 10.3. The number of hydrogen-bond acceptors (Lipinski definition) is 6. The Morgan fingerprint density at radius 2 is 1.88 bits per heavy atom. The molecular formula is C24H20N4O5. The van der Waals surface area contributed by atoms with Crippen LogP contribution in [0, 0.1) is 24.2 Å². The van der Waals surface area contributed by atoms with E-state index >= 15 is 0 Å². The Kier molecular flexibility index (Phi) is 5.79. The summed E-state index contributed by atoms with van der Waals surface area (Å²) >= 11 is 0. The van der Waals surface area contributed by atoms with Crippen molar-refractivity contribution in [3.63, 3.8) is 0 Å². The van der Waals surface area contributed by atoms with E-state index in [2.05, 4.69) is 22.7 Å². The van der Waals surface area contributed by atoms with Gasteiger partial charge in [0.1, 0.15) is 5.76 Å². The van der Waals surface area contributed by atoms with Gasteiger partial charge in [0.25, 0.3) is 5.56 Å². The lowest BCUT2D eigenvalue weighted by molar-refractivity contribution is 0.355. The fraction of sp³-hybridized carbons (Fsp3) is 0.208. The number of aromatic nitrogens is 4. The molecule has 3 heterocycles. The van der Waals surface area contributed by atoms with E-state index in [0.717, 1.165) is 4.57 Å². The maximum Gasteiger partial charge on any atom is 0.334 e. The molecule has 0 aliphatic heterocycles. The molecule has 0 aliphatic carbocycles. The number of nitrogens with zero attached hydrogens (tertiary/aromatic N) is 4. The topological polar surface area (TPSA) is 93.4 Å². The fourth-order valence-corrected chi connectivity index (χ4v) is 3.45. The molecule has 1 aromatic carbocycles. The minimum absolute atomic E-state index is 0.0900. The van der Waals surface area contributed by atoms with Crippen LogP contribution in [0.25, 0.3) is 11.2 Å². The van der Waals surface area contributed by atoms with Crippen LogP contribution in [0.4, 0.5) is 0 Å². The van der Waals surface area contributed by atoms with Gasteiger partial charge in [-0.2, -0.15) is 0 Å². The molecule has 0 radical (unpaired) electrons. The van der Waals surface area contributed by atoms with E-state index < -0.39 is 11.2 Å². The van der Waals surface area contributed by atoms with Gasteiger partial charge >= 0.3 is 5.69 Å². The van der Waals surface area contributed by atoms with E-state index in [1.54, 1.807) is 56.2 Å². The Balaban J connectivity index is 1.89. The van der Waals surface area contributed by atoms with Gasteiger partial charge < -0.3 is 18.5 Å². The second-order valence-corrected chi connectivity index (χ2v) is 7.03. The van der Waals surface area contributed by atoms with Gasteiger partial charge in [-0.3, -0.25) is 9.36 Å². The lowest BCUT2D eigenvalue weighted by Crippen LogP contribution is -2.40. The summed E-state index contributed by atoms with van der Waals surface area (Å²) in [6.07, 6.45) is 6.90. The molecule has 0 unspecified atom stereocenters. The highest BCUT2D eigenvalue weighted by Crippen LogP contribution is 2.27. The van der Waals surface area contributed by atoms with Gasteiger partial charge in [-0.1, -0.05) is 11.8 Å². The normalized spacial score (nSPS) is 10.5. The van der Waals surface area contributed by atoms with E-state index in [0.29, 0.717) is 28.6 Å². The molecule has 0 N–H and O–H groups in total. The number of rotatable bonds is 5. The second kappa shape index (κ2) is 8.85. The molecule has 3 aromatic heterocycles. The zero-order valence-corrected chi connectivity index (χ0v) is 18.3. The fourth-order valence-electron chi connectivity index (χ4n) is 3.45. The smallest absolute Gasteiger partial charge is 0.334 e. The van der Waals surface area contributed by atoms with Crippen LogP contribution in [0.5, 0.6) is 11.5 Å². The predicted molar refractivity (Wildman–Crippen MR) is 121 cm³/mol. The molecule has 0 aliphatic rings. The number of benzene rings is 1. The van der Waals surface area contributed by atoms with Crippen LogP contribution in [0.3, 0.4) is 0 Å². The zero-order valence-electron chi connectivity index (χ0n) is 18.3. The molecule has 0 saturated heterocycles. The average molecular weight is 444 g/mol. The highest BCUT2D eigenvalue weighted by Gasteiger charge is 2.20. The lowest BCUT2D eigenvalue weighted by Gasteiger charge is -2.09. The van der Waals surface area contributed by atoms with E-state index in [9.17, 15) is 9.59 Å². The molecule has 0 spiro atoms. The van der Waals surface area contributed by atoms with Crippen LogP contribution in [-0.4, -0.2) is 32.9 Å². The Hall–Kier alpha value is -4.63. The van der Waals surface area contributed by atoms with Crippen LogP contribution in [0.15, 0.2) is 50.6 Å². The minimum atomic E-state index is -0.570. The summed E-state index contributed by atoms with van der Waals surface area (Å²) in [6.45, 7) is -0.0731. The highest BCUT2D eigenvalue weighted by atomic mass is 16.5. The first kappa shape index (κ1) is 21.6. The number of methoxy groups -OCH3 is 2. The minimum Gasteiger partial charge on any atom is -0.493 e. The Morgan fingerprint density at radius 3 is 2.55 bits per heavy atom. The number of hydrogen-bond donors (Lipinski definition) is 0. The van der Waals surface area contributed by atoms with Crippen molar-refractivity contribution in [2.24, 2.45) is 7.05 Å². The Labute approximate surface area is 188 Å². The third-order valence-corrected chi connectivity index (χ3v) is 5.09. The molecule has 0 fully saturated rings. The predicted octanol–water partition coefficient (Wildman–Crippen LogP) is 1.59. The van der Waals surface area contributed by atoms with Crippen molar-refractivity contribution in [2.45, 2.75) is 13.1 Å². The van der Waals surface area contributed by atoms with E-state index in [1.165, 1.54) is 10.8 Å². The summed E-state index contributed by atoms with van der Waals surface area (Å²) in [6, 6.07) is 8.71. The van der Waals surface area contributed by atoms with Crippen molar-refractivity contribution in [1.29, 1.82) is 0 Å². The summed E-state index contributed by atoms with van der Waals surface area (Å²) < 4.78 is 19.8. The largest absolute Gasteiger partial charge is 0.493 e. The van der Waals surface area contributed by atoms with Crippen molar-refractivity contribution in [1.82, 2.24) is 18.7 Å². The molecule has 0 amide bonds. The second-order valence-electron chi connectivity index (χ2n) is 7.03. The Bertz CT molecular complexity index is 1550. The number of aryl methyl sites for hydroxylation is 1. The van der Waals surface area contributed by atoms with Gasteiger partial charge in [0.05, 0.1) is 33.6 Å². The molecule has 4 aromatic rings. The number of fused-ring (bicyclic) bond motifs is 1. The average Bonchev–Trinajstić information content (AvgIpc) is 3.45. The van der Waals surface area contributed by atoms with E-state index in [-0.39, 0.29) is 24.3 Å². The van der Waals surface area contributed by atoms with E-state index in [4.69, 9.17) is 20.3 Å². The number of furan rings is 1. The van der Waals surface area contributed by atoms with Gasteiger partial charge in [0, 0.05) is 12.6 Å². The molecular weight excluding hydrogens is 424 g/mol. The van der Waals surface area contributed by atoms with E-state index in [1.807, 2.05) is 0 Å². The third-order valence-electron chi connectivity index (χ3n) is 5.09. The molecule has 4 rings (SSSR count). The monoisotopic (exact) mass is 444 g/mol. The van der Waals surface area contributed by atoms with Crippen molar-refractivity contribution in [3.05, 3.63) is 74.6 Å². The van der Waals surface area contributed by atoms with Crippen LogP contribution in [0.1, 0.15) is 17.1 Å². The van der Waals surface area contributed by atoms with Gasteiger partial charge in [0.2, 0.25) is 0 Å². The molecule has 0 saturated carbocycles. The molecule has 9 nitrogen and oxygen atoms in total. The molecule has 33 heavy (non-hydrogen) atoms. The first-order valence-electron chi connectivity index (χ1n) is 9.88. The van der Waals surface area contributed by atoms with Crippen molar-refractivity contribution >= 4 is 11.2 Å².